The Kier molecular flexibility index (Phi) is 8.07. The lowest BCUT2D eigenvalue weighted by atomic mass is 9.66. The number of rotatable bonds is 6. The van der Waals surface area contributed by atoms with Crippen LogP contribution in [0.4, 0.5) is 0 Å². The van der Waals surface area contributed by atoms with Crippen LogP contribution in [0, 0.1) is 0 Å². The zero-order valence-corrected chi connectivity index (χ0v) is 33.2. The van der Waals surface area contributed by atoms with Gasteiger partial charge in [-0.1, -0.05) is 218 Å². The van der Waals surface area contributed by atoms with Crippen LogP contribution < -0.4 is 0 Å². The molecule has 0 saturated heterocycles. The van der Waals surface area contributed by atoms with Crippen molar-refractivity contribution in [2.75, 3.05) is 0 Å². The summed E-state index contributed by atoms with van der Waals surface area (Å²) in [7, 11) is 0. The average molecular weight is 776 g/mol. The van der Waals surface area contributed by atoms with Crippen molar-refractivity contribution in [1.29, 1.82) is 0 Å². The first kappa shape index (κ1) is 35.0. The smallest absolute Gasteiger partial charge is 0.164 e. The molecular formula is C58H37N3. The molecule has 3 heteroatoms. The molecule has 1 aliphatic rings. The lowest BCUT2D eigenvalue weighted by molar-refractivity contribution is 0.769. The number of benzene rings is 10. The van der Waals surface area contributed by atoms with Gasteiger partial charge in [0.1, 0.15) is 0 Å². The van der Waals surface area contributed by atoms with Crippen LogP contribution in [0.15, 0.2) is 224 Å². The second kappa shape index (κ2) is 14.1. The first-order valence-electron chi connectivity index (χ1n) is 20.9. The van der Waals surface area contributed by atoms with E-state index < -0.39 is 5.41 Å². The highest BCUT2D eigenvalue weighted by molar-refractivity contribution is 6.20. The molecule has 1 heterocycles. The molecule has 61 heavy (non-hydrogen) atoms. The maximum Gasteiger partial charge on any atom is 0.164 e. The molecule has 0 bridgehead atoms. The third kappa shape index (κ3) is 5.48. The van der Waals surface area contributed by atoms with Gasteiger partial charge in [0, 0.05) is 16.7 Å². The van der Waals surface area contributed by atoms with E-state index in [9.17, 15) is 0 Å². The van der Waals surface area contributed by atoms with Crippen molar-refractivity contribution >= 4 is 32.3 Å². The molecule has 0 spiro atoms. The van der Waals surface area contributed by atoms with Crippen molar-refractivity contribution in [1.82, 2.24) is 15.0 Å². The Morgan fingerprint density at radius 3 is 1.54 bits per heavy atom. The van der Waals surface area contributed by atoms with E-state index in [1.54, 1.807) is 0 Å². The summed E-state index contributed by atoms with van der Waals surface area (Å²) in [5.74, 6) is 1.90. The van der Waals surface area contributed by atoms with Gasteiger partial charge in [-0.2, -0.15) is 0 Å². The van der Waals surface area contributed by atoms with Crippen molar-refractivity contribution in [3.63, 3.8) is 0 Å². The Morgan fingerprint density at radius 2 is 0.820 bits per heavy atom. The largest absolute Gasteiger partial charge is 0.208 e. The molecule has 12 rings (SSSR count). The van der Waals surface area contributed by atoms with Crippen LogP contribution in [-0.2, 0) is 5.41 Å². The highest BCUT2D eigenvalue weighted by Gasteiger charge is 2.47. The monoisotopic (exact) mass is 775 g/mol. The van der Waals surface area contributed by atoms with Gasteiger partial charge in [0.15, 0.2) is 17.5 Å². The van der Waals surface area contributed by atoms with E-state index in [4.69, 9.17) is 15.0 Å². The topological polar surface area (TPSA) is 38.7 Å². The second-order valence-electron chi connectivity index (χ2n) is 15.9. The van der Waals surface area contributed by atoms with Gasteiger partial charge in [0.25, 0.3) is 0 Å². The summed E-state index contributed by atoms with van der Waals surface area (Å²) >= 11 is 0. The van der Waals surface area contributed by atoms with Crippen molar-refractivity contribution in [3.05, 3.63) is 247 Å². The summed E-state index contributed by atoms with van der Waals surface area (Å²) in [4.78, 5) is 15.9. The predicted molar refractivity (Wildman–Crippen MR) is 251 cm³/mol. The van der Waals surface area contributed by atoms with Gasteiger partial charge in [0.2, 0.25) is 0 Å². The molecule has 284 valence electrons. The van der Waals surface area contributed by atoms with Crippen molar-refractivity contribution in [2.24, 2.45) is 0 Å². The molecule has 0 unspecified atom stereocenters. The Labute approximate surface area is 354 Å². The fraction of sp³-hybridized carbons (Fsp3) is 0.0172. The van der Waals surface area contributed by atoms with E-state index in [2.05, 4.69) is 206 Å². The first-order valence-corrected chi connectivity index (χ1v) is 20.9. The van der Waals surface area contributed by atoms with E-state index in [0.29, 0.717) is 17.5 Å². The molecule has 0 N–H and O–H groups in total. The Bertz CT molecular complexity index is 3410. The van der Waals surface area contributed by atoms with E-state index in [1.165, 1.54) is 71.3 Å². The van der Waals surface area contributed by atoms with Gasteiger partial charge in [-0.25, -0.2) is 15.0 Å². The molecule has 1 aromatic heterocycles. The molecular weight excluding hydrogens is 739 g/mol. The minimum atomic E-state index is -0.612. The number of aromatic nitrogens is 3. The van der Waals surface area contributed by atoms with Gasteiger partial charge >= 0.3 is 0 Å². The van der Waals surface area contributed by atoms with Crippen LogP contribution in [0.5, 0.6) is 0 Å². The maximum atomic E-state index is 5.41. The van der Waals surface area contributed by atoms with Gasteiger partial charge in [0.05, 0.1) is 5.41 Å². The quantitative estimate of drug-likeness (QED) is 0.125. The molecule has 0 saturated carbocycles. The Morgan fingerprint density at radius 1 is 0.295 bits per heavy atom. The molecule has 0 fully saturated rings. The van der Waals surface area contributed by atoms with E-state index in [1.807, 2.05) is 18.2 Å². The summed E-state index contributed by atoms with van der Waals surface area (Å²) in [5, 5.41) is 7.44. The number of hydrogen-bond donors (Lipinski definition) is 0. The SMILES string of the molecule is c1ccc(-c2nc(-c3ccc(-c4c5ccccc5cc5c4ccc4ccccc45)cc3)nc(-c3cccc4c3C(c3ccccc3)(c3ccccc3)c3ccccc3-4)n2)cc1. The fourth-order valence-electron chi connectivity index (χ4n) is 9.95. The van der Waals surface area contributed by atoms with Gasteiger partial charge in [-0.15, -0.1) is 0 Å². The predicted octanol–water partition coefficient (Wildman–Crippen LogP) is 14.4. The van der Waals surface area contributed by atoms with Crippen molar-refractivity contribution in [3.8, 4) is 56.4 Å². The fourth-order valence-corrected chi connectivity index (χ4v) is 9.95. The number of hydrogen-bond acceptors (Lipinski definition) is 3. The zero-order chi connectivity index (χ0) is 40.3. The normalized spacial score (nSPS) is 12.7. The molecule has 0 aliphatic heterocycles. The summed E-state index contributed by atoms with van der Waals surface area (Å²) in [5.41, 5.74) is 11.8. The van der Waals surface area contributed by atoms with E-state index >= 15 is 0 Å². The van der Waals surface area contributed by atoms with Crippen LogP contribution in [0.3, 0.4) is 0 Å². The zero-order valence-electron chi connectivity index (χ0n) is 33.2. The summed E-state index contributed by atoms with van der Waals surface area (Å²) in [6, 6.07) is 80.5. The molecule has 11 aromatic rings. The van der Waals surface area contributed by atoms with Crippen molar-refractivity contribution < 1.29 is 0 Å². The third-order valence-corrected chi connectivity index (χ3v) is 12.6. The summed E-state index contributed by atoms with van der Waals surface area (Å²) in [6.45, 7) is 0. The molecule has 1 aliphatic carbocycles. The molecule has 0 radical (unpaired) electrons. The maximum absolute atomic E-state index is 5.41. The lowest BCUT2D eigenvalue weighted by Gasteiger charge is -2.35. The number of nitrogens with zero attached hydrogens (tertiary/aromatic N) is 3. The minimum Gasteiger partial charge on any atom is -0.208 e. The van der Waals surface area contributed by atoms with Crippen LogP contribution in [0.1, 0.15) is 22.3 Å². The summed E-state index contributed by atoms with van der Waals surface area (Å²) < 4.78 is 0. The third-order valence-electron chi connectivity index (χ3n) is 12.6. The van der Waals surface area contributed by atoms with Crippen molar-refractivity contribution in [2.45, 2.75) is 5.41 Å². The van der Waals surface area contributed by atoms with Gasteiger partial charge in [-0.05, 0) is 82.9 Å². The average Bonchev–Trinajstić information content (AvgIpc) is 3.65. The van der Waals surface area contributed by atoms with Crippen LogP contribution >= 0.6 is 0 Å². The van der Waals surface area contributed by atoms with Crippen LogP contribution in [0.2, 0.25) is 0 Å². The highest BCUT2D eigenvalue weighted by atomic mass is 15.0. The first-order chi connectivity index (χ1) is 30.3. The second-order valence-corrected chi connectivity index (χ2v) is 15.9. The highest BCUT2D eigenvalue weighted by Crippen LogP contribution is 2.58. The minimum absolute atomic E-state index is 0.612. The van der Waals surface area contributed by atoms with Gasteiger partial charge < -0.3 is 0 Å². The summed E-state index contributed by atoms with van der Waals surface area (Å²) in [6.07, 6.45) is 0. The Hall–Kier alpha value is -8.01. The molecule has 0 atom stereocenters. The molecule has 10 aromatic carbocycles. The Balaban J connectivity index is 1.08. The van der Waals surface area contributed by atoms with E-state index in [-0.39, 0.29) is 0 Å². The van der Waals surface area contributed by atoms with E-state index in [0.717, 1.165) is 22.3 Å². The molecule has 0 amide bonds. The van der Waals surface area contributed by atoms with Gasteiger partial charge in [-0.3, -0.25) is 0 Å². The van der Waals surface area contributed by atoms with Crippen LogP contribution in [-0.4, -0.2) is 15.0 Å². The lowest BCUT2D eigenvalue weighted by Crippen LogP contribution is -2.29. The molecule has 3 nitrogen and oxygen atoms in total. The number of fused-ring (bicyclic) bond motifs is 7. The standard InChI is InChI=1S/C58H37N3/c1-4-18-40(19-5-1)55-59-56(41-33-31-39(32-34-41)53-46-26-13-11-20-42(46)37-51-45-25-12-10-17-38(45)35-36-48(51)53)61-57(60-55)50-29-16-28-49-47-27-14-15-30-52(47)58(54(49)50,43-21-6-2-7-22-43)44-23-8-3-9-24-44/h1-37H. The van der Waals surface area contributed by atoms with Crippen LogP contribution in [0.25, 0.3) is 88.7 Å².